The van der Waals surface area contributed by atoms with Gasteiger partial charge in [0.15, 0.2) is 5.65 Å². The number of hydrogen-bond donors (Lipinski definition) is 3. The van der Waals surface area contributed by atoms with Crippen molar-refractivity contribution in [2.24, 2.45) is 0 Å². The SMILES string of the molecule is Nc1cc(O)c2cn[nH]c2n1. The van der Waals surface area contributed by atoms with Crippen LogP contribution in [-0.4, -0.2) is 20.3 Å². The molecule has 0 aliphatic rings. The van der Waals surface area contributed by atoms with E-state index in [1.165, 1.54) is 12.3 Å². The molecule has 11 heavy (non-hydrogen) atoms. The summed E-state index contributed by atoms with van der Waals surface area (Å²) < 4.78 is 0. The van der Waals surface area contributed by atoms with Gasteiger partial charge in [-0.3, -0.25) is 5.10 Å². The van der Waals surface area contributed by atoms with Crippen LogP contribution in [0.25, 0.3) is 11.0 Å². The van der Waals surface area contributed by atoms with Crippen molar-refractivity contribution in [2.45, 2.75) is 0 Å². The zero-order valence-corrected chi connectivity index (χ0v) is 5.57. The van der Waals surface area contributed by atoms with Gasteiger partial charge in [0.05, 0.1) is 11.6 Å². The second-order valence-electron chi connectivity index (χ2n) is 2.20. The molecule has 0 spiro atoms. The molecule has 0 aliphatic heterocycles. The molecule has 2 aromatic rings. The number of H-pyrrole nitrogens is 1. The van der Waals surface area contributed by atoms with E-state index in [0.29, 0.717) is 11.0 Å². The number of pyridine rings is 1. The Morgan fingerprint density at radius 1 is 1.55 bits per heavy atom. The summed E-state index contributed by atoms with van der Waals surface area (Å²) in [6.07, 6.45) is 1.50. The fourth-order valence-electron chi connectivity index (χ4n) is 0.931. The molecular weight excluding hydrogens is 144 g/mol. The number of nitrogen functional groups attached to an aromatic ring is 1. The Morgan fingerprint density at radius 3 is 3.18 bits per heavy atom. The highest BCUT2D eigenvalue weighted by Gasteiger charge is 2.02. The molecule has 5 heteroatoms. The van der Waals surface area contributed by atoms with Crippen LogP contribution >= 0.6 is 0 Å². The van der Waals surface area contributed by atoms with Gasteiger partial charge >= 0.3 is 0 Å². The summed E-state index contributed by atoms with van der Waals surface area (Å²) in [6, 6.07) is 1.39. The minimum absolute atomic E-state index is 0.0984. The number of aromatic nitrogens is 3. The summed E-state index contributed by atoms with van der Waals surface area (Å²) in [7, 11) is 0. The number of rotatable bonds is 0. The van der Waals surface area contributed by atoms with Crippen molar-refractivity contribution < 1.29 is 5.11 Å². The van der Waals surface area contributed by atoms with Gasteiger partial charge in [-0.05, 0) is 0 Å². The topological polar surface area (TPSA) is 87.8 Å². The van der Waals surface area contributed by atoms with E-state index in [-0.39, 0.29) is 11.6 Å². The van der Waals surface area contributed by atoms with Crippen molar-refractivity contribution in [3.63, 3.8) is 0 Å². The molecule has 56 valence electrons. The molecule has 0 saturated carbocycles. The third-order valence-electron chi connectivity index (χ3n) is 1.42. The molecule has 5 nitrogen and oxygen atoms in total. The van der Waals surface area contributed by atoms with Crippen molar-refractivity contribution in [1.82, 2.24) is 15.2 Å². The molecule has 0 atom stereocenters. The average molecular weight is 150 g/mol. The van der Waals surface area contributed by atoms with Crippen LogP contribution in [-0.2, 0) is 0 Å². The third-order valence-corrected chi connectivity index (χ3v) is 1.42. The van der Waals surface area contributed by atoms with E-state index in [9.17, 15) is 5.11 Å². The van der Waals surface area contributed by atoms with Crippen molar-refractivity contribution in [1.29, 1.82) is 0 Å². The van der Waals surface area contributed by atoms with Crippen LogP contribution in [0.15, 0.2) is 12.3 Å². The molecule has 2 rings (SSSR count). The highest BCUT2D eigenvalue weighted by atomic mass is 16.3. The first-order valence-electron chi connectivity index (χ1n) is 3.06. The molecule has 0 saturated heterocycles. The predicted molar refractivity (Wildman–Crippen MR) is 40.0 cm³/mol. The van der Waals surface area contributed by atoms with E-state index < -0.39 is 0 Å². The second-order valence-corrected chi connectivity index (χ2v) is 2.20. The van der Waals surface area contributed by atoms with E-state index in [1.54, 1.807) is 0 Å². The third kappa shape index (κ3) is 0.778. The Morgan fingerprint density at radius 2 is 2.36 bits per heavy atom. The van der Waals surface area contributed by atoms with E-state index >= 15 is 0 Å². The second kappa shape index (κ2) is 1.85. The van der Waals surface area contributed by atoms with Gasteiger partial charge in [0, 0.05) is 6.07 Å². The zero-order chi connectivity index (χ0) is 7.84. The van der Waals surface area contributed by atoms with Crippen molar-refractivity contribution in [2.75, 3.05) is 5.73 Å². The van der Waals surface area contributed by atoms with Crippen LogP contribution in [0.4, 0.5) is 5.82 Å². The quantitative estimate of drug-likeness (QED) is 0.502. The van der Waals surface area contributed by atoms with Crippen LogP contribution in [0, 0.1) is 0 Å². The maximum Gasteiger partial charge on any atom is 0.161 e. The van der Waals surface area contributed by atoms with Gasteiger partial charge in [0.2, 0.25) is 0 Å². The Bertz CT molecular complexity index is 394. The largest absolute Gasteiger partial charge is 0.507 e. The number of anilines is 1. The Labute approximate surface area is 61.9 Å². The lowest BCUT2D eigenvalue weighted by Gasteiger charge is -1.94. The fraction of sp³-hybridized carbons (Fsp3) is 0. The molecule has 0 aliphatic carbocycles. The molecule has 0 radical (unpaired) electrons. The van der Waals surface area contributed by atoms with Crippen LogP contribution in [0.1, 0.15) is 0 Å². The Hall–Kier alpha value is -1.78. The first-order chi connectivity index (χ1) is 5.27. The molecule has 0 aromatic carbocycles. The van der Waals surface area contributed by atoms with Gasteiger partial charge in [-0.15, -0.1) is 0 Å². The lowest BCUT2D eigenvalue weighted by atomic mass is 10.3. The maximum atomic E-state index is 9.26. The minimum atomic E-state index is 0.0984. The summed E-state index contributed by atoms with van der Waals surface area (Å²) in [5, 5.41) is 16.1. The van der Waals surface area contributed by atoms with Gasteiger partial charge in [0.1, 0.15) is 11.6 Å². The maximum absolute atomic E-state index is 9.26. The molecule has 0 fully saturated rings. The first kappa shape index (κ1) is 5.96. The normalized spacial score (nSPS) is 10.5. The standard InChI is InChI=1S/C6H6N4O/c7-5-1-4(11)3-2-8-10-6(3)9-5/h1-2H,(H4,7,8,9,10,11). The van der Waals surface area contributed by atoms with E-state index in [2.05, 4.69) is 15.2 Å². The van der Waals surface area contributed by atoms with Gasteiger partial charge < -0.3 is 10.8 Å². The molecule has 0 amide bonds. The number of fused-ring (bicyclic) bond motifs is 1. The minimum Gasteiger partial charge on any atom is -0.507 e. The smallest absolute Gasteiger partial charge is 0.161 e. The molecule has 0 unspecified atom stereocenters. The monoisotopic (exact) mass is 150 g/mol. The summed E-state index contributed by atoms with van der Waals surface area (Å²) >= 11 is 0. The molecule has 4 N–H and O–H groups in total. The number of nitrogens with two attached hydrogens (primary N) is 1. The highest BCUT2D eigenvalue weighted by Crippen LogP contribution is 2.22. The summed E-state index contributed by atoms with van der Waals surface area (Å²) in [5.74, 6) is 0.375. The molecule has 0 bridgehead atoms. The van der Waals surface area contributed by atoms with Gasteiger partial charge in [-0.25, -0.2) is 4.98 Å². The number of hydrogen-bond acceptors (Lipinski definition) is 4. The molecule has 2 heterocycles. The highest BCUT2D eigenvalue weighted by molar-refractivity contribution is 5.82. The predicted octanol–water partition coefficient (Wildman–Crippen LogP) is 0.246. The number of aromatic amines is 1. The van der Waals surface area contributed by atoms with Crippen LogP contribution in [0.3, 0.4) is 0 Å². The fourth-order valence-corrected chi connectivity index (χ4v) is 0.931. The van der Waals surface area contributed by atoms with Crippen LogP contribution in [0.2, 0.25) is 0 Å². The van der Waals surface area contributed by atoms with Crippen molar-refractivity contribution in [3.05, 3.63) is 12.3 Å². The van der Waals surface area contributed by atoms with Crippen molar-refractivity contribution >= 4 is 16.9 Å². The van der Waals surface area contributed by atoms with Crippen molar-refractivity contribution in [3.8, 4) is 5.75 Å². The first-order valence-corrected chi connectivity index (χ1v) is 3.06. The zero-order valence-electron chi connectivity index (χ0n) is 5.57. The number of nitrogens with one attached hydrogen (secondary N) is 1. The lowest BCUT2D eigenvalue weighted by Crippen LogP contribution is -1.89. The molecular formula is C6H6N4O. The van der Waals surface area contributed by atoms with Gasteiger partial charge in [0.25, 0.3) is 0 Å². The lowest BCUT2D eigenvalue weighted by molar-refractivity contribution is 0.481. The summed E-state index contributed by atoms with van der Waals surface area (Å²) in [5.41, 5.74) is 5.87. The Kier molecular flexibility index (Phi) is 1.00. The van der Waals surface area contributed by atoms with Crippen LogP contribution < -0.4 is 5.73 Å². The number of aromatic hydroxyl groups is 1. The Balaban J connectivity index is 2.91. The van der Waals surface area contributed by atoms with Crippen LogP contribution in [0.5, 0.6) is 5.75 Å². The summed E-state index contributed by atoms with van der Waals surface area (Å²) in [6.45, 7) is 0. The number of nitrogens with zero attached hydrogens (tertiary/aromatic N) is 2. The van der Waals surface area contributed by atoms with Gasteiger partial charge in [-0.2, -0.15) is 5.10 Å². The summed E-state index contributed by atoms with van der Waals surface area (Å²) in [4.78, 5) is 3.90. The van der Waals surface area contributed by atoms with E-state index in [4.69, 9.17) is 5.73 Å². The van der Waals surface area contributed by atoms with E-state index in [1.807, 2.05) is 0 Å². The average Bonchev–Trinajstić information content (AvgIpc) is 2.34. The van der Waals surface area contributed by atoms with Gasteiger partial charge in [-0.1, -0.05) is 0 Å². The molecule has 2 aromatic heterocycles. The van der Waals surface area contributed by atoms with E-state index in [0.717, 1.165) is 0 Å².